The predicted molar refractivity (Wildman–Crippen MR) is 131 cm³/mol. The summed E-state index contributed by atoms with van der Waals surface area (Å²) in [4.78, 5) is 27.0. The lowest BCUT2D eigenvalue weighted by atomic mass is 9.97. The van der Waals surface area contributed by atoms with E-state index in [-0.39, 0.29) is 16.3 Å². The molecule has 4 rings (SSSR count). The second-order valence-electron chi connectivity index (χ2n) is 8.97. The number of hydrogen-bond donors (Lipinski definition) is 2. The van der Waals surface area contributed by atoms with Crippen LogP contribution in [0.4, 0.5) is 5.69 Å². The van der Waals surface area contributed by atoms with Crippen molar-refractivity contribution < 1.29 is 9.66 Å². The van der Waals surface area contributed by atoms with Crippen LogP contribution in [0.5, 0.6) is 5.75 Å². The van der Waals surface area contributed by atoms with E-state index >= 15 is 0 Å². The van der Waals surface area contributed by atoms with Crippen LogP contribution in [-0.2, 0) is 0 Å². The number of rotatable bonds is 6. The third kappa shape index (κ3) is 5.04. The first-order valence-electron chi connectivity index (χ1n) is 11.2. The van der Waals surface area contributed by atoms with Crippen LogP contribution in [0.1, 0.15) is 43.7 Å². The van der Waals surface area contributed by atoms with Gasteiger partial charge in [0.05, 0.1) is 22.6 Å². The number of aromatic amines is 1. The van der Waals surface area contributed by atoms with Crippen molar-refractivity contribution in [3.05, 3.63) is 66.9 Å². The van der Waals surface area contributed by atoms with Crippen LogP contribution < -0.4 is 15.6 Å². The molecule has 7 nitrogen and oxygen atoms in total. The van der Waals surface area contributed by atoms with E-state index in [1.54, 1.807) is 0 Å². The summed E-state index contributed by atoms with van der Waals surface area (Å²) < 4.78 is 6.25. The molecule has 33 heavy (non-hydrogen) atoms. The molecule has 1 saturated heterocycles. The first-order valence-corrected chi connectivity index (χ1v) is 11.6. The molecule has 2 aromatic carbocycles. The third-order valence-corrected chi connectivity index (χ3v) is 6.47. The highest BCUT2D eigenvalue weighted by molar-refractivity contribution is 6.33. The molecule has 2 atom stereocenters. The van der Waals surface area contributed by atoms with Gasteiger partial charge in [-0.25, -0.2) is 0 Å². The summed E-state index contributed by atoms with van der Waals surface area (Å²) >= 11 is 6.11. The Morgan fingerprint density at radius 1 is 1.15 bits per heavy atom. The largest absolute Gasteiger partial charge is 0.492 e. The summed E-state index contributed by atoms with van der Waals surface area (Å²) in [6, 6.07) is 9.49. The molecule has 1 aliphatic heterocycles. The molecule has 1 fully saturated rings. The Kier molecular flexibility index (Phi) is 6.72. The van der Waals surface area contributed by atoms with E-state index in [2.05, 4.69) is 17.2 Å². The van der Waals surface area contributed by atoms with Gasteiger partial charge in [0.15, 0.2) is 0 Å². The number of aromatic nitrogens is 1. The lowest BCUT2D eigenvalue weighted by Gasteiger charge is -2.28. The standard InChI is InChI=1S/C25H28ClN3O4/c1-14-9-15(2)11-17(10-14)23-24(33-8-7-18-6-4-5-16(3)27-18)19-12-22(29(31)32)20(26)13-21(19)28-25(23)30/h9-13,16,18,27H,4-8H2,1-3H3,(H,28,30)/t16-,18-/m0/s1. The Balaban J connectivity index is 1.82. The van der Waals surface area contributed by atoms with E-state index in [4.69, 9.17) is 16.3 Å². The Morgan fingerprint density at radius 3 is 2.55 bits per heavy atom. The number of nitrogens with one attached hydrogen (secondary N) is 2. The van der Waals surface area contributed by atoms with Gasteiger partial charge in [-0.2, -0.15) is 0 Å². The minimum absolute atomic E-state index is 0.0337. The van der Waals surface area contributed by atoms with Crippen LogP contribution in [0.25, 0.3) is 22.0 Å². The van der Waals surface area contributed by atoms with E-state index in [1.807, 2.05) is 32.0 Å². The summed E-state index contributed by atoms with van der Waals surface area (Å²) in [5.41, 5.74) is 2.97. The molecule has 0 radical (unpaired) electrons. The van der Waals surface area contributed by atoms with Gasteiger partial charge in [-0.15, -0.1) is 0 Å². The third-order valence-electron chi connectivity index (χ3n) is 6.16. The number of aryl methyl sites for hydroxylation is 2. The van der Waals surface area contributed by atoms with Crippen molar-refractivity contribution in [1.82, 2.24) is 10.3 Å². The fourth-order valence-corrected chi connectivity index (χ4v) is 4.95. The highest BCUT2D eigenvalue weighted by atomic mass is 35.5. The fourth-order valence-electron chi connectivity index (χ4n) is 4.72. The van der Waals surface area contributed by atoms with E-state index < -0.39 is 4.92 Å². The quantitative estimate of drug-likeness (QED) is 0.358. The van der Waals surface area contributed by atoms with E-state index in [9.17, 15) is 14.9 Å². The average molecular weight is 470 g/mol. The number of halogens is 1. The molecule has 0 aliphatic carbocycles. The molecule has 174 valence electrons. The van der Waals surface area contributed by atoms with Crippen molar-refractivity contribution in [2.45, 2.75) is 58.5 Å². The topological polar surface area (TPSA) is 97.3 Å². The van der Waals surface area contributed by atoms with E-state index in [0.717, 1.165) is 30.4 Å². The number of ether oxygens (including phenoxy) is 1. The van der Waals surface area contributed by atoms with Crippen LogP contribution in [0, 0.1) is 24.0 Å². The van der Waals surface area contributed by atoms with Crippen molar-refractivity contribution in [3.8, 4) is 16.9 Å². The van der Waals surface area contributed by atoms with Crippen LogP contribution in [-0.4, -0.2) is 28.6 Å². The number of benzene rings is 2. The normalized spacial score (nSPS) is 18.4. The zero-order chi connectivity index (χ0) is 23.7. The molecule has 1 aromatic heterocycles. The monoisotopic (exact) mass is 469 g/mol. The van der Waals surface area contributed by atoms with Gasteiger partial charge in [-0.1, -0.05) is 47.3 Å². The number of H-pyrrole nitrogens is 1. The molecule has 0 bridgehead atoms. The zero-order valence-corrected chi connectivity index (χ0v) is 19.8. The van der Waals surface area contributed by atoms with Gasteiger partial charge >= 0.3 is 0 Å². The number of piperidine rings is 1. The van der Waals surface area contributed by atoms with E-state index in [0.29, 0.717) is 46.5 Å². The van der Waals surface area contributed by atoms with Crippen LogP contribution in [0.15, 0.2) is 35.1 Å². The fraction of sp³-hybridized carbons (Fsp3) is 0.400. The molecule has 1 aliphatic rings. The van der Waals surface area contributed by atoms with Gasteiger partial charge in [-0.05, 0) is 51.7 Å². The van der Waals surface area contributed by atoms with Crippen molar-refractivity contribution >= 4 is 28.2 Å². The average Bonchev–Trinajstić information content (AvgIpc) is 2.72. The first kappa shape index (κ1) is 23.3. The second-order valence-corrected chi connectivity index (χ2v) is 9.38. The van der Waals surface area contributed by atoms with Crippen LogP contribution in [0.2, 0.25) is 5.02 Å². The lowest BCUT2D eigenvalue weighted by molar-refractivity contribution is -0.384. The predicted octanol–water partition coefficient (Wildman–Crippen LogP) is 5.67. The number of hydrogen-bond acceptors (Lipinski definition) is 5. The van der Waals surface area contributed by atoms with Crippen molar-refractivity contribution in [2.24, 2.45) is 0 Å². The number of fused-ring (bicyclic) bond motifs is 1. The van der Waals surface area contributed by atoms with Gasteiger partial charge in [0, 0.05) is 23.5 Å². The van der Waals surface area contributed by atoms with Gasteiger partial charge in [0.2, 0.25) is 0 Å². The van der Waals surface area contributed by atoms with Crippen molar-refractivity contribution in [2.75, 3.05) is 6.61 Å². The molecule has 0 amide bonds. The maximum atomic E-state index is 13.2. The maximum absolute atomic E-state index is 13.2. The smallest absolute Gasteiger partial charge is 0.288 e. The molecule has 3 aromatic rings. The lowest BCUT2D eigenvalue weighted by Crippen LogP contribution is -2.41. The minimum atomic E-state index is -0.527. The van der Waals surface area contributed by atoms with Gasteiger partial charge < -0.3 is 15.0 Å². The summed E-state index contributed by atoms with van der Waals surface area (Å²) in [5.74, 6) is 0.349. The van der Waals surface area contributed by atoms with Gasteiger partial charge in [-0.3, -0.25) is 14.9 Å². The Morgan fingerprint density at radius 2 is 1.88 bits per heavy atom. The molecular formula is C25H28ClN3O4. The SMILES string of the molecule is Cc1cc(C)cc(-c2c(OCC[C@@H]3CCC[C@H](C)N3)c3cc([N+](=O)[O-])c(Cl)cc3[nH]c2=O)c1. The van der Waals surface area contributed by atoms with Crippen LogP contribution >= 0.6 is 11.6 Å². The number of nitrogens with zero attached hydrogens (tertiary/aromatic N) is 1. The Labute approximate surface area is 197 Å². The van der Waals surface area contributed by atoms with Crippen molar-refractivity contribution in [1.29, 1.82) is 0 Å². The Hall–Kier alpha value is -2.90. The minimum Gasteiger partial charge on any atom is -0.492 e. The summed E-state index contributed by atoms with van der Waals surface area (Å²) in [5, 5.41) is 15.6. The highest BCUT2D eigenvalue weighted by Crippen LogP contribution is 2.38. The number of nitro groups is 1. The Bertz CT molecular complexity index is 1250. The maximum Gasteiger partial charge on any atom is 0.288 e. The summed E-state index contributed by atoms with van der Waals surface area (Å²) in [7, 11) is 0. The summed E-state index contributed by atoms with van der Waals surface area (Å²) in [6.45, 7) is 6.50. The van der Waals surface area contributed by atoms with Gasteiger partial charge in [0.25, 0.3) is 11.2 Å². The summed E-state index contributed by atoms with van der Waals surface area (Å²) in [6.07, 6.45) is 4.19. The molecule has 2 N–H and O–H groups in total. The molecule has 0 unspecified atom stereocenters. The molecule has 0 saturated carbocycles. The first-order chi connectivity index (χ1) is 15.7. The van der Waals surface area contributed by atoms with E-state index in [1.165, 1.54) is 18.6 Å². The second kappa shape index (κ2) is 9.53. The van der Waals surface area contributed by atoms with Crippen LogP contribution in [0.3, 0.4) is 0 Å². The van der Waals surface area contributed by atoms with Gasteiger partial charge in [0.1, 0.15) is 10.8 Å². The van der Waals surface area contributed by atoms with Crippen molar-refractivity contribution in [3.63, 3.8) is 0 Å². The molecule has 0 spiro atoms. The number of nitro benzene ring substituents is 1. The molecule has 2 heterocycles. The molecular weight excluding hydrogens is 442 g/mol. The number of pyridine rings is 1. The zero-order valence-electron chi connectivity index (χ0n) is 19.0. The highest BCUT2D eigenvalue weighted by Gasteiger charge is 2.23. The molecule has 8 heteroatoms.